The van der Waals surface area contributed by atoms with E-state index in [1.54, 1.807) is 24.2 Å². The predicted octanol–water partition coefficient (Wildman–Crippen LogP) is 6.99. The number of ether oxygens (including phenoxy) is 2. The van der Waals surface area contributed by atoms with Gasteiger partial charge in [0.1, 0.15) is 0 Å². The predicted molar refractivity (Wildman–Crippen MR) is 149 cm³/mol. The first-order valence-corrected chi connectivity index (χ1v) is 14.3. The van der Waals surface area contributed by atoms with Crippen molar-refractivity contribution in [1.82, 2.24) is 0 Å². The summed E-state index contributed by atoms with van der Waals surface area (Å²) in [5, 5.41) is 0. The van der Waals surface area contributed by atoms with Crippen molar-refractivity contribution in [3.05, 3.63) is 57.4 Å². The smallest absolute Gasteiger partial charge is 0.317 e. The number of rotatable bonds is 5. The molecule has 5 nitrogen and oxygen atoms in total. The molecule has 0 radical (unpaired) electrons. The van der Waals surface area contributed by atoms with E-state index in [0.29, 0.717) is 43.0 Å². The lowest BCUT2D eigenvalue weighted by Crippen LogP contribution is -2.51. The van der Waals surface area contributed by atoms with E-state index < -0.39 is 0 Å². The molecule has 186 valence electrons. The van der Waals surface area contributed by atoms with Gasteiger partial charge < -0.3 is 9.47 Å². The number of thioether (sulfide) groups is 1. The third kappa shape index (κ3) is 4.21. The van der Waals surface area contributed by atoms with Crippen LogP contribution in [0.25, 0.3) is 6.08 Å². The number of anilines is 1. The summed E-state index contributed by atoms with van der Waals surface area (Å²) in [5.41, 5.74) is 1.14. The van der Waals surface area contributed by atoms with Gasteiger partial charge in [-0.2, -0.15) is 0 Å². The maximum Gasteiger partial charge on any atom is 0.317 e. The SMILES string of the molecule is COc1cc(/C=C2/SC(=S)N(c3ccccc3)C2=O)cc(Br)c1OC(=O)C12CC3CC(CC(C3)C1)C2. The van der Waals surface area contributed by atoms with Gasteiger partial charge in [-0.25, -0.2) is 0 Å². The van der Waals surface area contributed by atoms with Crippen molar-refractivity contribution >= 4 is 67.9 Å². The molecule has 1 saturated heterocycles. The molecule has 0 aromatic heterocycles. The van der Waals surface area contributed by atoms with E-state index in [0.717, 1.165) is 30.5 Å². The summed E-state index contributed by atoms with van der Waals surface area (Å²) >= 11 is 10.3. The minimum Gasteiger partial charge on any atom is -0.493 e. The van der Waals surface area contributed by atoms with Crippen LogP contribution in [0.3, 0.4) is 0 Å². The molecule has 5 aliphatic rings. The fourth-order valence-electron chi connectivity index (χ4n) is 6.90. The van der Waals surface area contributed by atoms with Crippen LogP contribution in [0.4, 0.5) is 5.69 Å². The van der Waals surface area contributed by atoms with Gasteiger partial charge in [0.15, 0.2) is 15.8 Å². The van der Waals surface area contributed by atoms with Gasteiger partial charge in [-0.05, 0) is 108 Å². The van der Waals surface area contributed by atoms with Crippen molar-refractivity contribution in [3.8, 4) is 11.5 Å². The lowest BCUT2D eigenvalue weighted by atomic mass is 9.49. The first-order valence-electron chi connectivity index (χ1n) is 12.3. The molecule has 0 N–H and O–H groups in total. The van der Waals surface area contributed by atoms with E-state index in [1.165, 1.54) is 31.0 Å². The van der Waals surface area contributed by atoms with Crippen LogP contribution in [0.1, 0.15) is 44.1 Å². The highest BCUT2D eigenvalue weighted by Crippen LogP contribution is 2.60. The number of methoxy groups -OCH3 is 1. The van der Waals surface area contributed by atoms with Crippen LogP contribution in [-0.4, -0.2) is 23.3 Å². The molecule has 0 atom stereocenters. The maximum absolute atomic E-state index is 13.5. The molecule has 4 aliphatic carbocycles. The van der Waals surface area contributed by atoms with Crippen molar-refractivity contribution < 1.29 is 19.1 Å². The van der Waals surface area contributed by atoms with E-state index >= 15 is 0 Å². The summed E-state index contributed by atoms with van der Waals surface area (Å²) in [6.07, 6.45) is 8.43. The number of carbonyl (C=O) groups is 2. The minimum absolute atomic E-state index is 0.128. The molecule has 2 aromatic rings. The number of hydrogen-bond acceptors (Lipinski definition) is 6. The van der Waals surface area contributed by atoms with E-state index in [4.69, 9.17) is 21.7 Å². The molecule has 1 heterocycles. The average Bonchev–Trinajstić information content (AvgIpc) is 3.12. The lowest BCUT2D eigenvalue weighted by Gasteiger charge is -2.55. The molecule has 0 spiro atoms. The molecule has 4 saturated carbocycles. The van der Waals surface area contributed by atoms with Gasteiger partial charge in [0.25, 0.3) is 5.91 Å². The molecule has 7 rings (SSSR count). The average molecular weight is 585 g/mol. The Morgan fingerprint density at radius 3 is 2.36 bits per heavy atom. The number of amides is 1. The van der Waals surface area contributed by atoms with Crippen molar-refractivity contribution in [2.24, 2.45) is 23.2 Å². The zero-order valence-corrected chi connectivity index (χ0v) is 23.1. The molecule has 0 unspecified atom stereocenters. The van der Waals surface area contributed by atoms with E-state index in [1.807, 2.05) is 36.4 Å². The Hall–Kier alpha value is -2.16. The van der Waals surface area contributed by atoms with Crippen LogP contribution in [0.15, 0.2) is 51.8 Å². The number of hydrogen-bond donors (Lipinski definition) is 0. The first kappa shape index (κ1) is 24.2. The summed E-state index contributed by atoms with van der Waals surface area (Å²) < 4.78 is 12.8. The van der Waals surface area contributed by atoms with Crippen LogP contribution >= 0.6 is 39.9 Å². The van der Waals surface area contributed by atoms with Gasteiger partial charge in [-0.15, -0.1) is 0 Å². The zero-order chi connectivity index (χ0) is 25.0. The number of carbonyl (C=O) groups excluding carboxylic acids is 2. The van der Waals surface area contributed by atoms with Crippen molar-refractivity contribution in [3.63, 3.8) is 0 Å². The number of para-hydroxylation sites is 1. The Kier molecular flexibility index (Phi) is 6.25. The Morgan fingerprint density at radius 1 is 1.11 bits per heavy atom. The highest BCUT2D eigenvalue weighted by molar-refractivity contribution is 9.10. The molecule has 2 aromatic carbocycles. The van der Waals surface area contributed by atoms with Gasteiger partial charge in [-0.1, -0.05) is 42.2 Å². The Morgan fingerprint density at radius 2 is 1.75 bits per heavy atom. The van der Waals surface area contributed by atoms with Crippen LogP contribution in [0.5, 0.6) is 11.5 Å². The van der Waals surface area contributed by atoms with Gasteiger partial charge in [-0.3, -0.25) is 14.5 Å². The van der Waals surface area contributed by atoms with Gasteiger partial charge in [0.2, 0.25) is 0 Å². The molecule has 4 bridgehead atoms. The van der Waals surface area contributed by atoms with Crippen LogP contribution in [-0.2, 0) is 9.59 Å². The fraction of sp³-hybridized carbons (Fsp3) is 0.393. The lowest BCUT2D eigenvalue weighted by molar-refractivity contribution is -0.161. The Labute approximate surface area is 228 Å². The number of nitrogens with zero attached hydrogens (tertiary/aromatic N) is 1. The summed E-state index contributed by atoms with van der Waals surface area (Å²) in [6, 6.07) is 13.0. The van der Waals surface area contributed by atoms with Crippen molar-refractivity contribution in [1.29, 1.82) is 0 Å². The second-order valence-electron chi connectivity index (χ2n) is 10.5. The molecule has 1 aliphatic heterocycles. The minimum atomic E-state index is -0.358. The third-order valence-corrected chi connectivity index (χ3v) is 9.91. The van der Waals surface area contributed by atoms with E-state index in [-0.39, 0.29) is 17.3 Å². The Balaban J connectivity index is 1.25. The number of thiocarbonyl (C=S) groups is 1. The maximum atomic E-state index is 13.5. The molecule has 1 amide bonds. The third-order valence-electron chi connectivity index (χ3n) is 8.02. The van der Waals surface area contributed by atoms with Gasteiger partial charge in [0.05, 0.1) is 27.6 Å². The molecule has 5 fully saturated rings. The fourth-order valence-corrected chi connectivity index (χ4v) is 8.74. The molecule has 8 heteroatoms. The highest BCUT2D eigenvalue weighted by Gasteiger charge is 2.55. The van der Waals surface area contributed by atoms with Crippen LogP contribution in [0, 0.1) is 23.2 Å². The number of benzene rings is 2. The van der Waals surface area contributed by atoms with Crippen molar-refractivity contribution in [2.45, 2.75) is 38.5 Å². The Bertz CT molecular complexity index is 1260. The summed E-state index contributed by atoms with van der Waals surface area (Å²) in [4.78, 5) is 28.7. The highest BCUT2D eigenvalue weighted by atomic mass is 79.9. The second kappa shape index (κ2) is 9.30. The zero-order valence-electron chi connectivity index (χ0n) is 19.9. The van der Waals surface area contributed by atoms with Crippen LogP contribution in [0.2, 0.25) is 0 Å². The summed E-state index contributed by atoms with van der Waals surface area (Å²) in [7, 11) is 1.56. The normalized spacial score (nSPS) is 29.8. The number of halogens is 1. The van der Waals surface area contributed by atoms with E-state index in [9.17, 15) is 9.59 Å². The number of esters is 1. The van der Waals surface area contributed by atoms with E-state index in [2.05, 4.69) is 15.9 Å². The first-order chi connectivity index (χ1) is 17.3. The van der Waals surface area contributed by atoms with Crippen LogP contribution < -0.4 is 14.4 Å². The monoisotopic (exact) mass is 583 g/mol. The van der Waals surface area contributed by atoms with Gasteiger partial charge >= 0.3 is 5.97 Å². The van der Waals surface area contributed by atoms with Crippen molar-refractivity contribution in [2.75, 3.05) is 12.0 Å². The molecular weight excluding hydrogens is 558 g/mol. The largest absolute Gasteiger partial charge is 0.493 e. The summed E-state index contributed by atoms with van der Waals surface area (Å²) in [5.74, 6) is 2.53. The standard InChI is InChI=1S/C28H26BrNO4S2/c1-33-22-11-16(12-23-25(31)30(27(35)36-23)20-5-3-2-4-6-20)10-21(29)24(22)34-26(32)28-13-17-7-18(14-28)9-19(8-17)15-28/h2-6,10-12,17-19H,7-9,13-15H2,1H3/b23-12+. The molecular formula is C28H26BrNO4S2. The van der Waals surface area contributed by atoms with Gasteiger partial charge in [0, 0.05) is 0 Å². The second-order valence-corrected chi connectivity index (χ2v) is 13.0. The topological polar surface area (TPSA) is 55.8 Å². The summed E-state index contributed by atoms with van der Waals surface area (Å²) in [6.45, 7) is 0. The molecule has 36 heavy (non-hydrogen) atoms. The quantitative estimate of drug-likeness (QED) is 0.164.